The van der Waals surface area contributed by atoms with Gasteiger partial charge < -0.3 is 20.1 Å². The van der Waals surface area contributed by atoms with Crippen molar-refractivity contribution >= 4 is 33.6 Å². The summed E-state index contributed by atoms with van der Waals surface area (Å²) in [7, 11) is 1.58. The summed E-state index contributed by atoms with van der Waals surface area (Å²) in [6.45, 7) is 4.72. The van der Waals surface area contributed by atoms with Gasteiger partial charge in [-0.1, -0.05) is 0 Å². The van der Waals surface area contributed by atoms with Crippen LogP contribution in [0, 0.1) is 0 Å². The molecule has 1 rings (SSSR count). The number of nitrogens with one attached hydrogen (secondary N) is 1. The maximum atomic E-state index is 12.2. The van der Waals surface area contributed by atoms with E-state index >= 15 is 0 Å². The lowest BCUT2D eigenvalue weighted by molar-refractivity contribution is 0.0696. The van der Waals surface area contributed by atoms with E-state index in [1.807, 2.05) is 13.8 Å². The largest absolute Gasteiger partial charge is 0.478 e. The average Bonchev–Trinajstić information content (AvgIpc) is 2.41. The highest BCUT2D eigenvalue weighted by atomic mass is 79.9. The molecule has 2 amide bonds. The maximum Gasteiger partial charge on any atom is 0.336 e. The Labute approximate surface area is 132 Å². The first-order valence-electron chi connectivity index (χ1n) is 6.50. The van der Waals surface area contributed by atoms with E-state index in [1.165, 1.54) is 6.07 Å². The first kappa shape index (κ1) is 17.5. The third-order valence-corrected chi connectivity index (χ3v) is 3.68. The molecule has 0 saturated carbocycles. The molecule has 0 aromatic heterocycles. The lowest BCUT2D eigenvalue weighted by Gasteiger charge is -2.27. The topological polar surface area (TPSA) is 78.9 Å². The van der Waals surface area contributed by atoms with Crippen LogP contribution < -0.4 is 5.32 Å². The number of carbonyl (C=O) groups is 2. The predicted molar refractivity (Wildman–Crippen MR) is 83.8 cm³/mol. The molecule has 0 heterocycles. The van der Waals surface area contributed by atoms with Crippen LogP contribution in [0.25, 0.3) is 0 Å². The van der Waals surface area contributed by atoms with Gasteiger partial charge in [-0.3, -0.25) is 0 Å². The van der Waals surface area contributed by atoms with Gasteiger partial charge in [0.05, 0.1) is 18.2 Å². The van der Waals surface area contributed by atoms with Crippen molar-refractivity contribution in [1.82, 2.24) is 4.90 Å². The number of hydrogen-bond donors (Lipinski definition) is 2. The number of likely N-dealkylation sites (N-methyl/N-ethyl adjacent to an activating group) is 1. The molecule has 0 spiro atoms. The Kier molecular flexibility index (Phi) is 6.64. The van der Waals surface area contributed by atoms with Gasteiger partial charge in [0.15, 0.2) is 0 Å². The quantitative estimate of drug-likeness (QED) is 0.818. The molecule has 21 heavy (non-hydrogen) atoms. The predicted octanol–water partition coefficient (Wildman–Crippen LogP) is 3.04. The number of amides is 2. The van der Waals surface area contributed by atoms with Crippen LogP contribution in [-0.4, -0.2) is 48.3 Å². The van der Waals surface area contributed by atoms with Crippen LogP contribution in [0.3, 0.4) is 0 Å². The number of aromatic carboxylic acids is 1. The number of carboxylic acid groups (broad SMARTS) is 1. The third-order valence-electron chi connectivity index (χ3n) is 2.99. The molecule has 0 aliphatic rings. The Morgan fingerprint density at radius 3 is 2.67 bits per heavy atom. The van der Waals surface area contributed by atoms with Crippen LogP contribution in [0.1, 0.15) is 24.2 Å². The summed E-state index contributed by atoms with van der Waals surface area (Å²) >= 11 is 3.16. The molecular formula is C14H19BrN2O4. The van der Waals surface area contributed by atoms with Crippen LogP contribution >= 0.6 is 15.9 Å². The molecule has 0 saturated heterocycles. The Bertz CT molecular complexity index is 522. The van der Waals surface area contributed by atoms with E-state index < -0.39 is 5.97 Å². The van der Waals surface area contributed by atoms with Crippen molar-refractivity contribution in [2.24, 2.45) is 0 Å². The number of carbonyl (C=O) groups excluding carboxylic acids is 1. The molecule has 1 aromatic rings. The number of anilines is 1. The van der Waals surface area contributed by atoms with Gasteiger partial charge in [0.25, 0.3) is 0 Å². The number of ether oxygens (including phenoxy) is 1. The van der Waals surface area contributed by atoms with Crippen LogP contribution in [-0.2, 0) is 4.74 Å². The van der Waals surface area contributed by atoms with E-state index in [1.54, 1.807) is 24.1 Å². The van der Waals surface area contributed by atoms with Crippen molar-refractivity contribution in [1.29, 1.82) is 0 Å². The second-order valence-corrected chi connectivity index (χ2v) is 5.37. The molecule has 0 aliphatic carbocycles. The second kappa shape index (κ2) is 7.99. The van der Waals surface area contributed by atoms with E-state index in [-0.39, 0.29) is 17.6 Å². The summed E-state index contributed by atoms with van der Waals surface area (Å²) in [6.07, 6.45) is 0. The minimum atomic E-state index is -1.06. The molecule has 1 unspecified atom stereocenters. The lowest BCUT2D eigenvalue weighted by atomic mass is 10.2. The fraction of sp³-hybridized carbons (Fsp3) is 0.429. The fourth-order valence-electron chi connectivity index (χ4n) is 1.95. The van der Waals surface area contributed by atoms with Gasteiger partial charge in [0.2, 0.25) is 0 Å². The van der Waals surface area contributed by atoms with Crippen LogP contribution in [0.5, 0.6) is 0 Å². The summed E-state index contributed by atoms with van der Waals surface area (Å²) in [4.78, 5) is 24.9. The lowest BCUT2D eigenvalue weighted by Crippen LogP contribution is -2.43. The van der Waals surface area contributed by atoms with Crippen LogP contribution in [0.15, 0.2) is 22.7 Å². The molecule has 7 heteroatoms. The van der Waals surface area contributed by atoms with Crippen LogP contribution in [0.2, 0.25) is 0 Å². The normalized spacial score (nSPS) is 11.8. The minimum absolute atomic E-state index is 0.0746. The summed E-state index contributed by atoms with van der Waals surface area (Å²) in [5, 5.41) is 11.8. The van der Waals surface area contributed by atoms with E-state index in [0.717, 1.165) is 0 Å². The Balaban J connectivity index is 2.87. The molecule has 0 radical (unpaired) electrons. The number of carboxylic acids is 1. The SMILES string of the molecule is CCN(C(=O)Nc1ccc(Br)c(C(=O)O)c1)C(C)COC. The zero-order valence-electron chi connectivity index (χ0n) is 12.2. The van der Waals surface area contributed by atoms with Gasteiger partial charge in [-0.2, -0.15) is 0 Å². The highest BCUT2D eigenvalue weighted by Crippen LogP contribution is 2.21. The fourth-order valence-corrected chi connectivity index (χ4v) is 2.37. The van der Waals surface area contributed by atoms with E-state index in [9.17, 15) is 9.59 Å². The zero-order chi connectivity index (χ0) is 16.0. The maximum absolute atomic E-state index is 12.2. The smallest absolute Gasteiger partial charge is 0.336 e. The van der Waals surface area contributed by atoms with Crippen molar-refractivity contribution in [2.45, 2.75) is 19.9 Å². The van der Waals surface area contributed by atoms with Crippen LogP contribution in [0.4, 0.5) is 10.5 Å². The number of nitrogens with zero attached hydrogens (tertiary/aromatic N) is 1. The van der Waals surface area contributed by atoms with Gasteiger partial charge in [-0.25, -0.2) is 9.59 Å². The van der Waals surface area contributed by atoms with Gasteiger partial charge in [-0.05, 0) is 48.0 Å². The number of urea groups is 1. The van der Waals surface area contributed by atoms with E-state index in [2.05, 4.69) is 21.2 Å². The van der Waals surface area contributed by atoms with Gasteiger partial charge in [0.1, 0.15) is 0 Å². The Morgan fingerprint density at radius 2 is 2.14 bits per heavy atom. The highest BCUT2D eigenvalue weighted by Gasteiger charge is 2.19. The molecule has 2 N–H and O–H groups in total. The van der Waals surface area contributed by atoms with Crippen molar-refractivity contribution in [2.75, 3.05) is 25.6 Å². The number of rotatable bonds is 6. The van der Waals surface area contributed by atoms with E-state index in [0.29, 0.717) is 23.3 Å². The summed E-state index contributed by atoms with van der Waals surface area (Å²) in [5.74, 6) is -1.06. The zero-order valence-corrected chi connectivity index (χ0v) is 13.8. The van der Waals surface area contributed by atoms with Gasteiger partial charge in [-0.15, -0.1) is 0 Å². The summed E-state index contributed by atoms with van der Waals surface area (Å²) < 4.78 is 5.51. The molecule has 116 valence electrons. The van der Waals surface area contributed by atoms with Gasteiger partial charge >= 0.3 is 12.0 Å². The van der Waals surface area contributed by atoms with E-state index in [4.69, 9.17) is 9.84 Å². The monoisotopic (exact) mass is 358 g/mol. The molecule has 0 fully saturated rings. The molecule has 1 atom stereocenters. The summed E-state index contributed by atoms with van der Waals surface area (Å²) in [6, 6.07) is 4.28. The first-order chi connectivity index (χ1) is 9.90. The third kappa shape index (κ3) is 4.71. The Hall–Kier alpha value is -1.60. The number of benzene rings is 1. The molecular weight excluding hydrogens is 340 g/mol. The second-order valence-electron chi connectivity index (χ2n) is 4.52. The first-order valence-corrected chi connectivity index (χ1v) is 7.29. The molecule has 0 bridgehead atoms. The molecule has 0 aliphatic heterocycles. The van der Waals surface area contributed by atoms with Crippen molar-refractivity contribution in [3.8, 4) is 0 Å². The van der Waals surface area contributed by atoms with Gasteiger partial charge in [0, 0.05) is 23.8 Å². The minimum Gasteiger partial charge on any atom is -0.478 e. The Morgan fingerprint density at radius 1 is 1.48 bits per heavy atom. The van der Waals surface area contributed by atoms with Crippen molar-refractivity contribution in [3.05, 3.63) is 28.2 Å². The average molecular weight is 359 g/mol. The highest BCUT2D eigenvalue weighted by molar-refractivity contribution is 9.10. The number of halogens is 1. The number of hydrogen-bond acceptors (Lipinski definition) is 3. The van der Waals surface area contributed by atoms with Crippen molar-refractivity contribution in [3.63, 3.8) is 0 Å². The standard InChI is InChI=1S/C14H19BrN2O4/c1-4-17(9(2)8-21-3)14(20)16-10-5-6-12(15)11(7-10)13(18)19/h5-7,9H,4,8H2,1-3H3,(H,16,20)(H,18,19). The summed E-state index contributed by atoms with van der Waals surface area (Å²) in [5.41, 5.74) is 0.532. The van der Waals surface area contributed by atoms with Crippen molar-refractivity contribution < 1.29 is 19.4 Å². The molecule has 6 nitrogen and oxygen atoms in total. The number of methoxy groups -OCH3 is 1. The molecule has 1 aromatic carbocycles.